The lowest BCUT2D eigenvalue weighted by Crippen LogP contribution is -2.07. The Morgan fingerprint density at radius 2 is 1.50 bits per heavy atom. The van der Waals surface area contributed by atoms with Crippen LogP contribution in [0.3, 0.4) is 0 Å². The van der Waals surface area contributed by atoms with E-state index >= 15 is 0 Å². The lowest BCUT2D eigenvalue weighted by atomic mass is 9.99. The molecule has 9 heteroatoms. The summed E-state index contributed by atoms with van der Waals surface area (Å²) in [6.07, 6.45) is -1.73. The van der Waals surface area contributed by atoms with Crippen LogP contribution in [0.15, 0.2) is 67.0 Å². The highest BCUT2D eigenvalue weighted by molar-refractivity contribution is 5.74. The molecule has 0 radical (unpaired) electrons. The van der Waals surface area contributed by atoms with Crippen LogP contribution < -0.4 is 10.6 Å². The zero-order valence-electron chi connectivity index (χ0n) is 18.3. The third-order valence-corrected chi connectivity index (χ3v) is 5.10. The minimum atomic E-state index is -4.50. The summed E-state index contributed by atoms with van der Waals surface area (Å²) < 4.78 is 39.2. The number of rotatable bonds is 5. The number of anilines is 4. The Kier molecular flexibility index (Phi) is 6.15. The van der Waals surface area contributed by atoms with E-state index in [0.717, 1.165) is 34.8 Å². The second-order valence-electron chi connectivity index (χ2n) is 7.62. The molecule has 2 N–H and O–H groups in total. The Bertz CT molecular complexity index is 1350. The fraction of sp³-hybridized carbons (Fsp3) is 0.120. The largest absolute Gasteiger partial charge is 0.433 e. The van der Waals surface area contributed by atoms with Gasteiger partial charge in [-0.25, -0.2) is 4.98 Å². The van der Waals surface area contributed by atoms with Gasteiger partial charge < -0.3 is 10.6 Å². The molecule has 6 nitrogen and oxygen atoms in total. The Hall–Kier alpha value is -4.45. The Labute approximate surface area is 194 Å². The number of nitrogens with one attached hydrogen (secondary N) is 2. The minimum absolute atomic E-state index is 0.373. The van der Waals surface area contributed by atoms with Crippen LogP contribution >= 0.6 is 0 Å². The SMILES string of the molecule is Cc1cc(-c2ccnc(C(F)(F)F)c2)cc(C)c1Nc1ccnc(Nc2ccc(C#N)cc2)n1. The molecule has 0 saturated carbocycles. The molecule has 0 fully saturated rings. The monoisotopic (exact) mass is 460 g/mol. The van der Waals surface area contributed by atoms with Gasteiger partial charge in [-0.1, -0.05) is 0 Å². The van der Waals surface area contributed by atoms with Gasteiger partial charge in [-0.3, -0.25) is 4.98 Å². The number of halogens is 3. The molecule has 0 saturated heterocycles. The molecule has 2 aromatic heterocycles. The summed E-state index contributed by atoms with van der Waals surface area (Å²) in [6, 6.07) is 16.9. The van der Waals surface area contributed by atoms with E-state index in [1.54, 1.807) is 42.6 Å². The van der Waals surface area contributed by atoms with Crippen molar-refractivity contribution in [1.82, 2.24) is 15.0 Å². The number of aromatic nitrogens is 3. The smallest absolute Gasteiger partial charge is 0.340 e. The molecule has 0 atom stereocenters. The van der Waals surface area contributed by atoms with Crippen molar-refractivity contribution in [3.63, 3.8) is 0 Å². The van der Waals surface area contributed by atoms with Crippen molar-refractivity contribution in [1.29, 1.82) is 5.26 Å². The summed E-state index contributed by atoms with van der Waals surface area (Å²) in [7, 11) is 0. The van der Waals surface area contributed by atoms with Crippen LogP contribution in [0.4, 0.5) is 36.3 Å². The molecule has 0 aliphatic carbocycles. The van der Waals surface area contributed by atoms with Gasteiger partial charge in [0.05, 0.1) is 11.6 Å². The third-order valence-electron chi connectivity index (χ3n) is 5.10. The van der Waals surface area contributed by atoms with E-state index in [1.807, 2.05) is 26.0 Å². The van der Waals surface area contributed by atoms with E-state index in [1.165, 1.54) is 0 Å². The van der Waals surface area contributed by atoms with Gasteiger partial charge in [-0.15, -0.1) is 0 Å². The third kappa shape index (κ3) is 5.13. The molecule has 2 aromatic carbocycles. The van der Waals surface area contributed by atoms with Gasteiger partial charge in [-0.05, 0) is 90.7 Å². The maximum Gasteiger partial charge on any atom is 0.433 e. The number of pyridine rings is 1. The van der Waals surface area contributed by atoms with Gasteiger partial charge in [0.25, 0.3) is 0 Å². The number of hydrogen-bond donors (Lipinski definition) is 2. The fourth-order valence-corrected chi connectivity index (χ4v) is 3.47. The summed E-state index contributed by atoms with van der Waals surface area (Å²) in [4.78, 5) is 12.1. The van der Waals surface area contributed by atoms with Gasteiger partial charge in [0.2, 0.25) is 5.95 Å². The lowest BCUT2D eigenvalue weighted by Gasteiger charge is -2.16. The second-order valence-corrected chi connectivity index (χ2v) is 7.62. The molecule has 0 spiro atoms. The summed E-state index contributed by atoms with van der Waals surface area (Å²) in [6.45, 7) is 3.75. The van der Waals surface area contributed by atoms with Gasteiger partial charge in [0, 0.05) is 23.8 Å². The van der Waals surface area contributed by atoms with E-state index in [2.05, 4.69) is 31.7 Å². The van der Waals surface area contributed by atoms with Crippen LogP contribution in [-0.4, -0.2) is 15.0 Å². The predicted molar refractivity (Wildman–Crippen MR) is 124 cm³/mol. The highest BCUT2D eigenvalue weighted by Crippen LogP contribution is 2.33. The number of nitriles is 1. The molecule has 0 aliphatic heterocycles. The molecule has 0 aliphatic rings. The molecule has 4 rings (SSSR count). The fourth-order valence-electron chi connectivity index (χ4n) is 3.47. The van der Waals surface area contributed by atoms with Crippen LogP contribution in [0.1, 0.15) is 22.4 Å². The van der Waals surface area contributed by atoms with Crippen molar-refractivity contribution in [3.05, 3.63) is 89.4 Å². The zero-order chi connectivity index (χ0) is 24.3. The van der Waals surface area contributed by atoms with Crippen LogP contribution in [0.5, 0.6) is 0 Å². The molecule has 4 aromatic rings. The highest BCUT2D eigenvalue weighted by Gasteiger charge is 2.32. The molecule has 34 heavy (non-hydrogen) atoms. The first-order chi connectivity index (χ1) is 16.2. The first kappa shape index (κ1) is 22.7. The Morgan fingerprint density at radius 1 is 0.824 bits per heavy atom. The Morgan fingerprint density at radius 3 is 2.15 bits per heavy atom. The van der Waals surface area contributed by atoms with Crippen molar-refractivity contribution in [2.75, 3.05) is 10.6 Å². The molecular weight excluding hydrogens is 441 g/mol. The lowest BCUT2D eigenvalue weighted by molar-refractivity contribution is -0.141. The van der Waals surface area contributed by atoms with Crippen LogP contribution in [-0.2, 0) is 6.18 Å². The summed E-state index contributed by atoms with van der Waals surface area (Å²) in [5, 5.41) is 15.3. The topological polar surface area (TPSA) is 86.5 Å². The minimum Gasteiger partial charge on any atom is -0.340 e. The van der Waals surface area contributed by atoms with Crippen LogP contribution in [0.25, 0.3) is 11.1 Å². The van der Waals surface area contributed by atoms with Crippen molar-refractivity contribution < 1.29 is 13.2 Å². The quantitative estimate of drug-likeness (QED) is 0.352. The number of benzene rings is 2. The van der Waals surface area contributed by atoms with Gasteiger partial charge in [0.1, 0.15) is 11.5 Å². The van der Waals surface area contributed by atoms with E-state index in [4.69, 9.17) is 5.26 Å². The molecule has 0 bridgehead atoms. The van der Waals surface area contributed by atoms with Crippen molar-refractivity contribution >= 4 is 23.1 Å². The number of alkyl halides is 3. The zero-order valence-corrected chi connectivity index (χ0v) is 18.3. The highest BCUT2D eigenvalue weighted by atomic mass is 19.4. The number of aryl methyl sites for hydroxylation is 2. The van der Waals surface area contributed by atoms with Crippen molar-refractivity contribution in [2.24, 2.45) is 0 Å². The normalized spacial score (nSPS) is 11.1. The number of hydrogen-bond acceptors (Lipinski definition) is 6. The average Bonchev–Trinajstić information content (AvgIpc) is 2.81. The van der Waals surface area contributed by atoms with E-state index in [-0.39, 0.29) is 0 Å². The molecule has 0 unspecified atom stereocenters. The molecular formula is C25H19F3N6. The Balaban J connectivity index is 1.57. The molecule has 2 heterocycles. The van der Waals surface area contributed by atoms with E-state index < -0.39 is 11.9 Å². The van der Waals surface area contributed by atoms with Crippen molar-refractivity contribution in [2.45, 2.75) is 20.0 Å². The molecule has 0 amide bonds. The van der Waals surface area contributed by atoms with Crippen molar-refractivity contribution in [3.8, 4) is 17.2 Å². The van der Waals surface area contributed by atoms with Gasteiger partial charge >= 0.3 is 6.18 Å². The second kappa shape index (κ2) is 9.19. The number of nitrogens with zero attached hydrogens (tertiary/aromatic N) is 4. The summed E-state index contributed by atoms with van der Waals surface area (Å²) in [5.74, 6) is 0.923. The molecule has 170 valence electrons. The maximum atomic E-state index is 13.1. The van der Waals surface area contributed by atoms with Gasteiger partial charge in [-0.2, -0.15) is 23.4 Å². The maximum absolute atomic E-state index is 13.1. The summed E-state index contributed by atoms with van der Waals surface area (Å²) >= 11 is 0. The van der Waals surface area contributed by atoms with Crippen LogP contribution in [0.2, 0.25) is 0 Å². The first-order valence-electron chi connectivity index (χ1n) is 10.2. The van der Waals surface area contributed by atoms with Crippen LogP contribution in [0, 0.1) is 25.2 Å². The standard InChI is InChI=1S/C25H19F3N6/c1-15-11-19(18-7-9-30-21(13-18)25(26,27)28)12-16(2)23(15)33-22-8-10-31-24(34-22)32-20-5-3-17(14-29)4-6-20/h3-13H,1-2H3,(H2,31,32,33,34). The van der Waals surface area contributed by atoms with Gasteiger partial charge in [0.15, 0.2) is 0 Å². The van der Waals surface area contributed by atoms with E-state index in [9.17, 15) is 13.2 Å². The first-order valence-corrected chi connectivity index (χ1v) is 10.2. The summed E-state index contributed by atoms with van der Waals surface area (Å²) in [5.41, 5.74) is 3.97. The predicted octanol–water partition coefficient (Wildman–Crippen LogP) is 6.53. The van der Waals surface area contributed by atoms with E-state index in [0.29, 0.717) is 28.5 Å². The average molecular weight is 460 g/mol.